The predicted octanol–water partition coefficient (Wildman–Crippen LogP) is 3.24. The first-order valence-corrected chi connectivity index (χ1v) is 8.83. The lowest BCUT2D eigenvalue weighted by Gasteiger charge is -2.27. The minimum atomic E-state index is -0.701. The molecule has 1 aromatic carbocycles. The van der Waals surface area contributed by atoms with Crippen LogP contribution in [0.15, 0.2) is 30.3 Å². The Morgan fingerprint density at radius 3 is 2.50 bits per heavy atom. The van der Waals surface area contributed by atoms with Crippen LogP contribution in [0, 0.1) is 5.92 Å². The minimum absolute atomic E-state index is 0.0319. The maximum Gasteiger partial charge on any atom is 0.318 e. The number of ether oxygens (including phenoxy) is 1. The molecular formula is C15H18O3S2. The number of benzene rings is 1. The second-order valence-electron chi connectivity index (χ2n) is 4.42. The quantitative estimate of drug-likeness (QED) is 0.474. The Balaban J connectivity index is 2.21. The monoisotopic (exact) mass is 310 g/mol. The Hall–Kier alpha value is -0.940. The summed E-state index contributed by atoms with van der Waals surface area (Å²) in [4.78, 5) is 24.8. The van der Waals surface area contributed by atoms with E-state index >= 15 is 0 Å². The fourth-order valence-corrected chi connectivity index (χ4v) is 5.14. The van der Waals surface area contributed by atoms with Crippen molar-refractivity contribution in [3.63, 3.8) is 0 Å². The highest BCUT2D eigenvalue weighted by Crippen LogP contribution is 2.37. The molecule has 0 N–H and O–H groups in total. The van der Waals surface area contributed by atoms with E-state index in [9.17, 15) is 9.59 Å². The molecule has 0 bridgehead atoms. The minimum Gasteiger partial charge on any atom is -0.465 e. The molecule has 1 unspecified atom stereocenters. The van der Waals surface area contributed by atoms with Crippen LogP contribution in [0.5, 0.6) is 0 Å². The highest BCUT2D eigenvalue weighted by atomic mass is 32.2. The van der Waals surface area contributed by atoms with E-state index in [-0.39, 0.29) is 10.4 Å². The molecule has 0 radical (unpaired) electrons. The number of thioether (sulfide) groups is 2. The molecule has 0 aliphatic carbocycles. The van der Waals surface area contributed by atoms with Gasteiger partial charge in [-0.1, -0.05) is 30.3 Å². The maximum absolute atomic E-state index is 12.6. The van der Waals surface area contributed by atoms with Gasteiger partial charge in [0.2, 0.25) is 0 Å². The van der Waals surface area contributed by atoms with Crippen LogP contribution in [0.3, 0.4) is 0 Å². The SMILES string of the molecule is CCOC(=O)C(C(=O)c1ccccc1)C1SCCCS1. The van der Waals surface area contributed by atoms with Gasteiger partial charge in [0, 0.05) is 5.56 Å². The van der Waals surface area contributed by atoms with E-state index in [0.717, 1.165) is 17.9 Å². The molecule has 3 nitrogen and oxygen atoms in total. The van der Waals surface area contributed by atoms with Gasteiger partial charge in [-0.2, -0.15) is 0 Å². The molecule has 20 heavy (non-hydrogen) atoms. The van der Waals surface area contributed by atoms with Gasteiger partial charge in [-0.05, 0) is 24.9 Å². The van der Waals surface area contributed by atoms with Crippen molar-refractivity contribution in [1.29, 1.82) is 0 Å². The fraction of sp³-hybridized carbons (Fsp3) is 0.467. The number of esters is 1. The number of rotatable bonds is 5. The number of carbonyl (C=O) groups is 2. The van der Waals surface area contributed by atoms with E-state index in [2.05, 4.69) is 0 Å². The molecule has 1 atom stereocenters. The van der Waals surface area contributed by atoms with Crippen molar-refractivity contribution in [2.75, 3.05) is 18.1 Å². The van der Waals surface area contributed by atoms with Crippen LogP contribution in [-0.4, -0.2) is 34.4 Å². The van der Waals surface area contributed by atoms with Gasteiger partial charge in [0.25, 0.3) is 0 Å². The van der Waals surface area contributed by atoms with Gasteiger partial charge < -0.3 is 4.74 Å². The number of carbonyl (C=O) groups excluding carboxylic acids is 2. The van der Waals surface area contributed by atoms with Crippen LogP contribution in [0.25, 0.3) is 0 Å². The number of Topliss-reactive ketones (excluding diaryl/α,β-unsaturated/α-hetero) is 1. The van der Waals surface area contributed by atoms with Crippen molar-refractivity contribution < 1.29 is 14.3 Å². The zero-order valence-corrected chi connectivity index (χ0v) is 13.0. The van der Waals surface area contributed by atoms with Crippen molar-refractivity contribution in [3.05, 3.63) is 35.9 Å². The second kappa shape index (κ2) is 7.74. The lowest BCUT2D eigenvalue weighted by molar-refractivity contribution is -0.145. The summed E-state index contributed by atoms with van der Waals surface area (Å²) in [5, 5.41) is 0. The molecule has 108 valence electrons. The lowest BCUT2D eigenvalue weighted by Crippen LogP contribution is -2.35. The van der Waals surface area contributed by atoms with Crippen molar-refractivity contribution in [2.45, 2.75) is 17.9 Å². The first-order valence-electron chi connectivity index (χ1n) is 6.73. The molecule has 5 heteroatoms. The number of hydrogen-bond donors (Lipinski definition) is 0. The van der Waals surface area contributed by atoms with Crippen LogP contribution < -0.4 is 0 Å². The van der Waals surface area contributed by atoms with Crippen LogP contribution >= 0.6 is 23.5 Å². The van der Waals surface area contributed by atoms with Gasteiger partial charge in [-0.3, -0.25) is 9.59 Å². The Morgan fingerprint density at radius 2 is 1.90 bits per heavy atom. The molecule has 0 amide bonds. The van der Waals surface area contributed by atoms with E-state index in [4.69, 9.17) is 4.74 Å². The molecule has 2 rings (SSSR count). The summed E-state index contributed by atoms with van der Waals surface area (Å²) < 4.78 is 5.08. The van der Waals surface area contributed by atoms with Gasteiger partial charge in [0.05, 0.1) is 11.2 Å². The molecule has 1 aliphatic heterocycles. The van der Waals surface area contributed by atoms with Crippen molar-refractivity contribution in [1.82, 2.24) is 0 Å². The van der Waals surface area contributed by atoms with E-state index < -0.39 is 11.9 Å². The van der Waals surface area contributed by atoms with Gasteiger partial charge in [-0.25, -0.2) is 0 Å². The molecule has 0 aromatic heterocycles. The van der Waals surface area contributed by atoms with Gasteiger partial charge >= 0.3 is 5.97 Å². The third kappa shape index (κ3) is 3.79. The smallest absolute Gasteiger partial charge is 0.318 e. The molecule has 1 aromatic rings. The summed E-state index contributed by atoms with van der Waals surface area (Å²) in [6.45, 7) is 2.07. The van der Waals surface area contributed by atoms with Gasteiger partial charge in [0.1, 0.15) is 5.92 Å². The van der Waals surface area contributed by atoms with Crippen LogP contribution in [0.1, 0.15) is 23.7 Å². The Kier molecular flexibility index (Phi) is 5.98. The summed E-state index contributed by atoms with van der Waals surface area (Å²) >= 11 is 3.38. The van der Waals surface area contributed by atoms with E-state index in [1.54, 1.807) is 42.6 Å². The van der Waals surface area contributed by atoms with Crippen molar-refractivity contribution >= 4 is 35.3 Å². The standard InChI is InChI=1S/C15H18O3S2/c1-2-18-14(17)12(15-19-9-6-10-20-15)13(16)11-7-4-3-5-8-11/h3-5,7-8,12,15H,2,6,9-10H2,1H3. The van der Waals surface area contributed by atoms with Crippen LogP contribution in [0.2, 0.25) is 0 Å². The van der Waals surface area contributed by atoms with Crippen LogP contribution in [0.4, 0.5) is 0 Å². The Bertz CT molecular complexity index is 455. The lowest BCUT2D eigenvalue weighted by atomic mass is 9.99. The third-order valence-electron chi connectivity index (χ3n) is 3.01. The summed E-state index contributed by atoms with van der Waals surface area (Å²) in [7, 11) is 0. The normalized spacial score (nSPS) is 17.4. The largest absolute Gasteiger partial charge is 0.465 e. The zero-order chi connectivity index (χ0) is 14.4. The zero-order valence-electron chi connectivity index (χ0n) is 11.4. The molecule has 0 spiro atoms. The highest BCUT2D eigenvalue weighted by molar-refractivity contribution is 8.17. The molecule has 1 saturated heterocycles. The van der Waals surface area contributed by atoms with E-state index in [1.165, 1.54) is 0 Å². The van der Waals surface area contributed by atoms with Crippen molar-refractivity contribution in [2.24, 2.45) is 5.92 Å². The first-order chi connectivity index (χ1) is 9.74. The molecule has 1 aliphatic rings. The highest BCUT2D eigenvalue weighted by Gasteiger charge is 2.38. The summed E-state index contributed by atoms with van der Waals surface area (Å²) in [5.41, 5.74) is 0.581. The van der Waals surface area contributed by atoms with Crippen LogP contribution in [-0.2, 0) is 9.53 Å². The van der Waals surface area contributed by atoms with Gasteiger partial charge in [0.15, 0.2) is 5.78 Å². The summed E-state index contributed by atoms with van der Waals surface area (Å²) in [6.07, 6.45) is 1.13. The van der Waals surface area contributed by atoms with E-state index in [1.807, 2.05) is 18.2 Å². The topological polar surface area (TPSA) is 43.4 Å². The Labute approximate surface area is 127 Å². The maximum atomic E-state index is 12.6. The summed E-state index contributed by atoms with van der Waals surface area (Å²) in [6, 6.07) is 9.01. The Morgan fingerprint density at radius 1 is 1.25 bits per heavy atom. The number of hydrogen-bond acceptors (Lipinski definition) is 5. The average Bonchev–Trinajstić information content (AvgIpc) is 2.50. The number of ketones is 1. The van der Waals surface area contributed by atoms with Gasteiger partial charge in [-0.15, -0.1) is 23.5 Å². The average molecular weight is 310 g/mol. The second-order valence-corrected chi connectivity index (χ2v) is 7.22. The molecule has 1 fully saturated rings. The first kappa shape index (κ1) is 15.4. The molecule has 0 saturated carbocycles. The summed E-state index contributed by atoms with van der Waals surface area (Å²) in [5.74, 6) is 0.766. The predicted molar refractivity (Wildman–Crippen MR) is 84.2 cm³/mol. The molecule has 1 heterocycles. The van der Waals surface area contributed by atoms with E-state index in [0.29, 0.717) is 12.2 Å². The fourth-order valence-electron chi connectivity index (χ4n) is 2.05. The van der Waals surface area contributed by atoms with Crippen molar-refractivity contribution in [3.8, 4) is 0 Å². The molecular weight excluding hydrogens is 292 g/mol. The third-order valence-corrected chi connectivity index (χ3v) is 6.07.